The van der Waals surface area contributed by atoms with Crippen molar-refractivity contribution >= 4 is 5.69 Å². The van der Waals surface area contributed by atoms with Gasteiger partial charge in [0.1, 0.15) is 23.4 Å². The molecule has 4 nitrogen and oxygen atoms in total. The minimum atomic E-state index is -0.243. The summed E-state index contributed by atoms with van der Waals surface area (Å²) in [7, 11) is 0. The molecule has 266 valence electrons. The summed E-state index contributed by atoms with van der Waals surface area (Å²) in [4.78, 5) is 5.44. The second-order valence-electron chi connectivity index (χ2n) is 16.9. The maximum atomic E-state index is 7.16. The first kappa shape index (κ1) is 30.7. The topological polar surface area (TPSA) is 24.9 Å². The molecule has 12 rings (SSSR count). The van der Waals surface area contributed by atoms with Crippen LogP contribution in [0.5, 0.6) is 0 Å². The smallest absolute Gasteiger partial charge is 0.120 e. The molecular formula is C49H48N2O2. The highest BCUT2D eigenvalue weighted by Gasteiger charge is 2.62. The molecule has 4 heteroatoms. The van der Waals surface area contributed by atoms with Crippen molar-refractivity contribution in [2.75, 3.05) is 4.90 Å². The number of para-hydroxylation sites is 1. The van der Waals surface area contributed by atoms with E-state index in [4.69, 9.17) is 9.47 Å². The normalized spacial score (nSPS) is 36.8. The van der Waals surface area contributed by atoms with Crippen LogP contribution in [0, 0.1) is 23.2 Å². The lowest BCUT2D eigenvalue weighted by atomic mass is 9.50. The molecule has 0 N–H and O–H groups in total. The maximum Gasteiger partial charge on any atom is 0.120 e. The zero-order valence-electron chi connectivity index (χ0n) is 30.5. The number of nitrogens with zero attached hydrogens (tertiary/aromatic N) is 2. The number of rotatable bonds is 2. The first-order valence-electron chi connectivity index (χ1n) is 20.6. The number of anilines is 1. The van der Waals surface area contributed by atoms with E-state index in [1.807, 2.05) is 0 Å². The summed E-state index contributed by atoms with van der Waals surface area (Å²) in [5.74, 6) is 5.11. The number of allylic oxidation sites excluding steroid dienone is 18. The standard InChI is InChI=1S/C49H48N2O2/c1-7-19-41-33(13-1)34-14-2-8-20-42(34)50(41)31-25-27-47-39(29-31)49(37-17-5-11-23-45(37)52-47)38-18-6-12-24-46(38)53-48-28-26-32(30-40(48)49)51-43-21-9-3-15-35(43)36-16-4-10-22-44(36)51/h1,3,5,7-10,12-13,15,17,19-22,24,26,28-29,34-35,38,40,42-43,46H,2,4,6,11,14,16,18,23,25,27,30H2. The largest absolute Gasteiger partial charge is 0.490 e. The fourth-order valence-electron chi connectivity index (χ4n) is 12.6. The molecule has 7 aliphatic carbocycles. The number of hydrogen-bond acceptors (Lipinski definition) is 4. The van der Waals surface area contributed by atoms with E-state index in [0.717, 1.165) is 63.5 Å². The van der Waals surface area contributed by atoms with Crippen LogP contribution in [0.1, 0.15) is 82.1 Å². The highest BCUT2D eigenvalue weighted by molar-refractivity contribution is 5.69. The van der Waals surface area contributed by atoms with E-state index in [-0.39, 0.29) is 17.4 Å². The van der Waals surface area contributed by atoms with Crippen LogP contribution in [0.2, 0.25) is 0 Å². The van der Waals surface area contributed by atoms with Gasteiger partial charge in [0.25, 0.3) is 0 Å². The number of hydrogen-bond donors (Lipinski definition) is 0. The van der Waals surface area contributed by atoms with Crippen LogP contribution in [0.15, 0.2) is 166 Å². The van der Waals surface area contributed by atoms with E-state index < -0.39 is 0 Å². The van der Waals surface area contributed by atoms with Gasteiger partial charge in [-0.25, -0.2) is 0 Å². The molecule has 0 amide bonds. The van der Waals surface area contributed by atoms with Gasteiger partial charge in [-0.2, -0.15) is 0 Å². The number of fused-ring (bicyclic) bond motifs is 11. The van der Waals surface area contributed by atoms with Crippen molar-refractivity contribution in [1.82, 2.24) is 4.90 Å². The zero-order chi connectivity index (χ0) is 34.7. The van der Waals surface area contributed by atoms with E-state index >= 15 is 0 Å². The van der Waals surface area contributed by atoms with Crippen LogP contribution in [0.3, 0.4) is 0 Å². The molecular weight excluding hydrogens is 649 g/mol. The van der Waals surface area contributed by atoms with Gasteiger partial charge >= 0.3 is 0 Å². The molecule has 4 heterocycles. The van der Waals surface area contributed by atoms with Gasteiger partial charge in [0.05, 0.1) is 12.1 Å². The lowest BCUT2D eigenvalue weighted by Crippen LogP contribution is -2.55. The third kappa shape index (κ3) is 4.24. The van der Waals surface area contributed by atoms with Crippen molar-refractivity contribution in [2.24, 2.45) is 23.2 Å². The average Bonchev–Trinajstić information content (AvgIpc) is 3.74. The second kappa shape index (κ2) is 11.6. The molecule has 4 aliphatic heterocycles. The fourth-order valence-corrected chi connectivity index (χ4v) is 12.6. The lowest BCUT2D eigenvalue weighted by molar-refractivity contribution is -0.0565. The number of benzene rings is 1. The van der Waals surface area contributed by atoms with Gasteiger partial charge in [0.2, 0.25) is 0 Å². The van der Waals surface area contributed by atoms with Crippen molar-refractivity contribution < 1.29 is 9.47 Å². The zero-order valence-corrected chi connectivity index (χ0v) is 30.5. The highest BCUT2D eigenvalue weighted by Crippen LogP contribution is 2.67. The lowest BCUT2D eigenvalue weighted by Gasteiger charge is -2.59. The Labute approximate surface area is 314 Å². The van der Waals surface area contributed by atoms with Crippen molar-refractivity contribution in [2.45, 2.75) is 94.7 Å². The molecule has 53 heavy (non-hydrogen) atoms. The first-order chi connectivity index (χ1) is 26.3. The quantitative estimate of drug-likeness (QED) is 0.287. The molecule has 1 saturated heterocycles. The van der Waals surface area contributed by atoms with Gasteiger partial charge in [-0.15, -0.1) is 0 Å². The van der Waals surface area contributed by atoms with Gasteiger partial charge in [0, 0.05) is 75.9 Å². The van der Waals surface area contributed by atoms with Crippen LogP contribution in [-0.4, -0.2) is 23.1 Å². The Morgan fingerprint density at radius 1 is 0.698 bits per heavy atom. The molecule has 1 aromatic rings. The van der Waals surface area contributed by atoms with Crippen molar-refractivity contribution in [3.8, 4) is 0 Å². The minimum absolute atomic E-state index is 0.0484. The summed E-state index contributed by atoms with van der Waals surface area (Å²) >= 11 is 0. The van der Waals surface area contributed by atoms with Crippen LogP contribution in [0.4, 0.5) is 5.69 Å². The Morgan fingerprint density at radius 2 is 1.57 bits per heavy atom. The molecule has 11 aliphatic rings. The Kier molecular flexibility index (Phi) is 6.75. The molecule has 8 unspecified atom stereocenters. The molecule has 0 bridgehead atoms. The summed E-state index contributed by atoms with van der Waals surface area (Å²) in [5, 5.41) is 0. The first-order valence-corrected chi connectivity index (χ1v) is 20.6. The maximum absolute atomic E-state index is 7.16. The SMILES string of the molecule is C1=CC2C3=C(C=CCC3)N(C3=CC=C4OC5C=CCCC5C5(C6=C(CCC=C6)OC6=C5C=C(N5c7ccccc7C7CCC=CC75)CC6)C4C3)C2C=C1. The molecule has 1 fully saturated rings. The third-order valence-electron chi connectivity index (χ3n) is 14.6. The van der Waals surface area contributed by atoms with Crippen molar-refractivity contribution in [3.63, 3.8) is 0 Å². The monoisotopic (exact) mass is 696 g/mol. The second-order valence-corrected chi connectivity index (χ2v) is 16.9. The summed E-state index contributed by atoms with van der Waals surface area (Å²) in [6.45, 7) is 0. The van der Waals surface area contributed by atoms with E-state index in [1.54, 1.807) is 5.57 Å². The Bertz CT molecular complexity index is 2190. The van der Waals surface area contributed by atoms with Crippen molar-refractivity contribution in [1.29, 1.82) is 0 Å². The molecule has 0 radical (unpaired) electrons. The summed E-state index contributed by atoms with van der Waals surface area (Å²) < 4.78 is 14.3. The summed E-state index contributed by atoms with van der Waals surface area (Å²) in [5.41, 5.74) is 11.5. The molecule has 1 aromatic carbocycles. The Morgan fingerprint density at radius 3 is 2.57 bits per heavy atom. The molecule has 0 saturated carbocycles. The van der Waals surface area contributed by atoms with Gasteiger partial charge in [-0.3, -0.25) is 0 Å². The molecule has 1 spiro atoms. The fraction of sp³-hybridized carbons (Fsp3) is 0.388. The summed E-state index contributed by atoms with van der Waals surface area (Å²) in [6.07, 6.45) is 48.1. The Balaban J connectivity index is 1.04. The predicted molar refractivity (Wildman–Crippen MR) is 211 cm³/mol. The van der Waals surface area contributed by atoms with Crippen LogP contribution < -0.4 is 4.90 Å². The van der Waals surface area contributed by atoms with Gasteiger partial charge in [-0.1, -0.05) is 79.0 Å². The van der Waals surface area contributed by atoms with Gasteiger partial charge < -0.3 is 19.3 Å². The van der Waals surface area contributed by atoms with Crippen LogP contribution >= 0.6 is 0 Å². The molecule has 0 aromatic heterocycles. The molecule has 8 atom stereocenters. The summed E-state index contributed by atoms with van der Waals surface area (Å²) in [6, 6.07) is 9.96. The van der Waals surface area contributed by atoms with Crippen LogP contribution in [-0.2, 0) is 9.47 Å². The third-order valence-corrected chi connectivity index (χ3v) is 14.6. The van der Waals surface area contributed by atoms with E-state index in [2.05, 4.69) is 125 Å². The average molecular weight is 697 g/mol. The van der Waals surface area contributed by atoms with Gasteiger partial charge in [-0.05, 0) is 105 Å². The van der Waals surface area contributed by atoms with E-state index in [9.17, 15) is 0 Å². The van der Waals surface area contributed by atoms with Gasteiger partial charge in [0.15, 0.2) is 0 Å². The number of ether oxygens (including phenoxy) is 2. The Hall–Kier alpha value is -4.70. The highest BCUT2D eigenvalue weighted by atomic mass is 16.5. The van der Waals surface area contributed by atoms with Crippen molar-refractivity contribution in [3.05, 3.63) is 172 Å². The van der Waals surface area contributed by atoms with Crippen LogP contribution in [0.25, 0.3) is 0 Å². The predicted octanol–water partition coefficient (Wildman–Crippen LogP) is 11.0. The minimum Gasteiger partial charge on any atom is -0.490 e. The van der Waals surface area contributed by atoms with E-state index in [0.29, 0.717) is 29.8 Å². The van der Waals surface area contributed by atoms with E-state index in [1.165, 1.54) is 63.8 Å².